The summed E-state index contributed by atoms with van der Waals surface area (Å²) < 4.78 is 0. The molecule has 2 aromatic carbocycles. The molecule has 0 fully saturated rings. The van der Waals surface area contributed by atoms with Crippen LogP contribution in [-0.2, 0) is 0 Å². The minimum atomic E-state index is -0.0163. The van der Waals surface area contributed by atoms with Gasteiger partial charge in [0.2, 0.25) is 0 Å². The van der Waals surface area contributed by atoms with Crippen LogP contribution in [0.4, 0.5) is 0 Å². The highest BCUT2D eigenvalue weighted by Gasteiger charge is 2.13. The van der Waals surface area contributed by atoms with Crippen LogP contribution in [0.25, 0.3) is 0 Å². The van der Waals surface area contributed by atoms with E-state index in [0.717, 1.165) is 17.5 Å². The zero-order valence-corrected chi connectivity index (χ0v) is 12.3. The zero-order valence-electron chi connectivity index (χ0n) is 12.3. The van der Waals surface area contributed by atoms with Gasteiger partial charge in [0.1, 0.15) is 0 Å². The first-order chi connectivity index (χ1) is 9.60. The number of benzene rings is 2. The Kier molecular flexibility index (Phi) is 4.57. The molecule has 2 rings (SSSR count). The van der Waals surface area contributed by atoms with Crippen molar-refractivity contribution in [2.75, 3.05) is 0 Å². The number of hydrogen-bond acceptors (Lipinski definition) is 1. The molecule has 1 unspecified atom stereocenters. The van der Waals surface area contributed by atoms with E-state index < -0.39 is 0 Å². The SMILES string of the molecule is CCC(NC(=O)c1ccc(C)cc1)c1ccc(C)cc1. The second-order valence-corrected chi connectivity index (χ2v) is 5.21. The average molecular weight is 267 g/mol. The van der Waals surface area contributed by atoms with Gasteiger partial charge in [0, 0.05) is 5.56 Å². The zero-order chi connectivity index (χ0) is 14.5. The molecule has 0 aliphatic heterocycles. The Bertz CT molecular complexity index is 569. The lowest BCUT2D eigenvalue weighted by Gasteiger charge is -2.18. The van der Waals surface area contributed by atoms with Gasteiger partial charge in [0.05, 0.1) is 6.04 Å². The molecule has 0 radical (unpaired) electrons. The first-order valence-electron chi connectivity index (χ1n) is 7.04. The second-order valence-electron chi connectivity index (χ2n) is 5.21. The number of rotatable bonds is 4. The molecule has 0 aliphatic carbocycles. The van der Waals surface area contributed by atoms with Crippen LogP contribution in [0.3, 0.4) is 0 Å². The Morgan fingerprint density at radius 1 is 0.950 bits per heavy atom. The monoisotopic (exact) mass is 267 g/mol. The summed E-state index contributed by atoms with van der Waals surface area (Å²) in [6.07, 6.45) is 0.876. The van der Waals surface area contributed by atoms with Crippen LogP contribution in [0, 0.1) is 13.8 Å². The van der Waals surface area contributed by atoms with Gasteiger partial charge in [-0.05, 0) is 38.0 Å². The van der Waals surface area contributed by atoms with Crippen molar-refractivity contribution in [3.63, 3.8) is 0 Å². The second kappa shape index (κ2) is 6.38. The molecule has 0 aliphatic rings. The third-order valence-electron chi connectivity index (χ3n) is 3.51. The molecule has 0 saturated carbocycles. The van der Waals surface area contributed by atoms with Crippen molar-refractivity contribution in [2.45, 2.75) is 33.2 Å². The van der Waals surface area contributed by atoms with Gasteiger partial charge < -0.3 is 5.32 Å². The highest BCUT2D eigenvalue weighted by atomic mass is 16.1. The van der Waals surface area contributed by atoms with Crippen LogP contribution in [0.2, 0.25) is 0 Å². The van der Waals surface area contributed by atoms with E-state index in [1.807, 2.05) is 31.2 Å². The van der Waals surface area contributed by atoms with Gasteiger partial charge in [-0.3, -0.25) is 4.79 Å². The minimum absolute atomic E-state index is 0.0163. The fourth-order valence-corrected chi connectivity index (χ4v) is 2.17. The quantitative estimate of drug-likeness (QED) is 0.884. The van der Waals surface area contributed by atoms with E-state index in [1.165, 1.54) is 5.56 Å². The lowest BCUT2D eigenvalue weighted by Crippen LogP contribution is -2.28. The molecule has 20 heavy (non-hydrogen) atoms. The maximum Gasteiger partial charge on any atom is 0.251 e. The number of carbonyl (C=O) groups excluding carboxylic acids is 1. The standard InChI is InChI=1S/C18H21NO/c1-4-17(15-9-5-13(2)6-10-15)19-18(20)16-11-7-14(3)8-12-16/h5-12,17H,4H2,1-3H3,(H,19,20). The average Bonchev–Trinajstić information content (AvgIpc) is 2.46. The summed E-state index contributed by atoms with van der Waals surface area (Å²) in [6, 6.07) is 16.0. The van der Waals surface area contributed by atoms with Crippen molar-refractivity contribution in [2.24, 2.45) is 0 Å². The summed E-state index contributed by atoms with van der Waals surface area (Å²) >= 11 is 0. The molecule has 2 aromatic rings. The highest BCUT2D eigenvalue weighted by Crippen LogP contribution is 2.18. The van der Waals surface area contributed by atoms with Crippen molar-refractivity contribution in [3.05, 3.63) is 70.8 Å². The van der Waals surface area contributed by atoms with E-state index in [4.69, 9.17) is 0 Å². The lowest BCUT2D eigenvalue weighted by molar-refractivity contribution is 0.0935. The van der Waals surface area contributed by atoms with Gasteiger partial charge >= 0.3 is 0 Å². The molecular formula is C18H21NO. The Morgan fingerprint density at radius 2 is 1.45 bits per heavy atom. The highest BCUT2D eigenvalue weighted by molar-refractivity contribution is 5.94. The molecule has 1 N–H and O–H groups in total. The molecule has 0 bridgehead atoms. The number of carbonyl (C=O) groups is 1. The first-order valence-corrected chi connectivity index (χ1v) is 7.04. The van der Waals surface area contributed by atoms with Crippen molar-refractivity contribution in [1.29, 1.82) is 0 Å². The van der Waals surface area contributed by atoms with Crippen LogP contribution in [0.5, 0.6) is 0 Å². The lowest BCUT2D eigenvalue weighted by atomic mass is 10.0. The van der Waals surface area contributed by atoms with Crippen LogP contribution in [-0.4, -0.2) is 5.91 Å². The van der Waals surface area contributed by atoms with Crippen molar-refractivity contribution in [3.8, 4) is 0 Å². The van der Waals surface area contributed by atoms with Gasteiger partial charge in [0.15, 0.2) is 0 Å². The Morgan fingerprint density at radius 3 is 1.95 bits per heavy atom. The van der Waals surface area contributed by atoms with E-state index in [1.54, 1.807) is 0 Å². The van der Waals surface area contributed by atoms with Gasteiger partial charge in [0.25, 0.3) is 5.91 Å². The topological polar surface area (TPSA) is 29.1 Å². The van der Waals surface area contributed by atoms with Crippen LogP contribution in [0.1, 0.15) is 46.4 Å². The number of hydrogen-bond donors (Lipinski definition) is 1. The molecule has 0 spiro atoms. The van der Waals surface area contributed by atoms with Crippen molar-refractivity contribution in [1.82, 2.24) is 5.32 Å². The van der Waals surface area contributed by atoms with Gasteiger partial charge in [-0.25, -0.2) is 0 Å². The summed E-state index contributed by atoms with van der Waals surface area (Å²) in [5.41, 5.74) is 4.25. The molecule has 2 heteroatoms. The molecular weight excluding hydrogens is 246 g/mol. The smallest absolute Gasteiger partial charge is 0.251 e. The summed E-state index contributed by atoms with van der Waals surface area (Å²) in [6.45, 7) is 6.17. The van der Waals surface area contributed by atoms with Gasteiger partial charge in [-0.1, -0.05) is 54.4 Å². The molecule has 0 heterocycles. The van der Waals surface area contributed by atoms with E-state index >= 15 is 0 Å². The van der Waals surface area contributed by atoms with Crippen LogP contribution >= 0.6 is 0 Å². The van der Waals surface area contributed by atoms with E-state index in [0.29, 0.717) is 5.56 Å². The third kappa shape index (κ3) is 3.47. The summed E-state index contributed by atoms with van der Waals surface area (Å²) in [4.78, 5) is 12.3. The normalized spacial score (nSPS) is 11.9. The number of amides is 1. The summed E-state index contributed by atoms with van der Waals surface area (Å²) in [7, 11) is 0. The Hall–Kier alpha value is -2.09. The molecule has 1 atom stereocenters. The molecule has 0 saturated heterocycles. The first kappa shape index (κ1) is 14.3. The van der Waals surface area contributed by atoms with Crippen LogP contribution < -0.4 is 5.32 Å². The van der Waals surface area contributed by atoms with Gasteiger partial charge in [-0.2, -0.15) is 0 Å². The molecule has 1 amide bonds. The molecule has 2 nitrogen and oxygen atoms in total. The predicted molar refractivity (Wildman–Crippen MR) is 82.9 cm³/mol. The predicted octanol–water partition coefficient (Wildman–Crippen LogP) is 4.18. The summed E-state index contributed by atoms with van der Waals surface area (Å²) in [5.74, 6) is -0.0163. The van der Waals surface area contributed by atoms with Gasteiger partial charge in [-0.15, -0.1) is 0 Å². The fourth-order valence-electron chi connectivity index (χ4n) is 2.17. The number of nitrogens with one attached hydrogen (secondary N) is 1. The Labute approximate surface area is 120 Å². The summed E-state index contributed by atoms with van der Waals surface area (Å²) in [5, 5.41) is 3.10. The van der Waals surface area contributed by atoms with Crippen molar-refractivity contribution >= 4 is 5.91 Å². The van der Waals surface area contributed by atoms with E-state index in [9.17, 15) is 4.79 Å². The molecule has 104 valence electrons. The fraction of sp³-hybridized carbons (Fsp3) is 0.278. The minimum Gasteiger partial charge on any atom is -0.345 e. The van der Waals surface area contributed by atoms with E-state index in [2.05, 4.69) is 43.4 Å². The Balaban J connectivity index is 2.11. The molecule has 0 aromatic heterocycles. The van der Waals surface area contributed by atoms with Crippen LogP contribution in [0.15, 0.2) is 48.5 Å². The van der Waals surface area contributed by atoms with Crippen molar-refractivity contribution < 1.29 is 4.79 Å². The maximum absolute atomic E-state index is 12.3. The maximum atomic E-state index is 12.3. The van der Waals surface area contributed by atoms with E-state index in [-0.39, 0.29) is 11.9 Å². The largest absolute Gasteiger partial charge is 0.345 e. The third-order valence-corrected chi connectivity index (χ3v) is 3.51. The number of aryl methyl sites for hydroxylation is 2.